The fourth-order valence-corrected chi connectivity index (χ4v) is 4.02. The molecule has 0 spiro atoms. The molecule has 3 nitrogen and oxygen atoms in total. The third kappa shape index (κ3) is 6.60. The van der Waals surface area contributed by atoms with E-state index in [1.54, 1.807) is 13.0 Å². The van der Waals surface area contributed by atoms with Crippen LogP contribution in [-0.4, -0.2) is 17.2 Å². The number of aromatic nitrogens is 1. The molecule has 0 N–H and O–H groups in total. The van der Waals surface area contributed by atoms with Crippen molar-refractivity contribution in [2.45, 2.75) is 53.1 Å². The number of oxazole rings is 1. The molecule has 3 rings (SSSR count). The van der Waals surface area contributed by atoms with Crippen molar-refractivity contribution >= 4 is 22.9 Å². The smallest absolute Gasteiger partial charge is 0.416 e. The third-order valence-corrected chi connectivity index (χ3v) is 5.75. The van der Waals surface area contributed by atoms with E-state index in [-0.39, 0.29) is 6.42 Å². The minimum Gasteiger partial charge on any atom is -0.445 e. The molecule has 1 aromatic heterocycles. The summed E-state index contributed by atoms with van der Waals surface area (Å²) in [6.45, 7) is 8.38. The van der Waals surface area contributed by atoms with Gasteiger partial charge in [0.15, 0.2) is 5.89 Å². The van der Waals surface area contributed by atoms with Crippen molar-refractivity contribution < 1.29 is 17.6 Å². The lowest BCUT2D eigenvalue weighted by Gasteiger charge is -2.11. The van der Waals surface area contributed by atoms with Gasteiger partial charge in [-0.2, -0.15) is 13.2 Å². The second-order valence-electron chi connectivity index (χ2n) is 8.20. The Bertz CT molecular complexity index is 1210. The zero-order valence-electron chi connectivity index (χ0n) is 19.8. The molecule has 3 aromatic rings. The van der Waals surface area contributed by atoms with Crippen LogP contribution in [0.1, 0.15) is 66.3 Å². The second-order valence-corrected chi connectivity index (χ2v) is 8.64. The zero-order chi connectivity index (χ0) is 24.9. The average molecular weight is 489 g/mol. The van der Waals surface area contributed by atoms with Crippen LogP contribution >= 0.6 is 11.6 Å². The monoisotopic (exact) mass is 488 g/mol. The Morgan fingerprint density at radius 3 is 2.62 bits per heavy atom. The van der Waals surface area contributed by atoms with Crippen molar-refractivity contribution in [1.29, 1.82) is 0 Å². The first-order valence-electron chi connectivity index (χ1n) is 11.2. The van der Waals surface area contributed by atoms with Crippen molar-refractivity contribution in [1.82, 2.24) is 4.98 Å². The highest BCUT2D eigenvalue weighted by Crippen LogP contribution is 2.30. The van der Waals surface area contributed by atoms with Crippen molar-refractivity contribution in [2.24, 2.45) is 4.99 Å². The topological polar surface area (TPSA) is 38.4 Å². The molecule has 0 aliphatic carbocycles. The Balaban J connectivity index is 1.73. The standard InChI is InChI=1S/C27H28ClF3N2O/c1-5-7-21(24-16-23(28)11-10-17(24)2)12-13-32-18(3)26-19(4)34-25(33-26)15-20-8-6-9-22(14-20)27(29,30)31/h6-11,14,16H,5,12-13,15H2,1-4H3. The molecule has 180 valence electrons. The van der Waals surface area contributed by atoms with Crippen LogP contribution in [-0.2, 0) is 12.6 Å². The number of alkyl halides is 3. The summed E-state index contributed by atoms with van der Waals surface area (Å²) >= 11 is 6.21. The number of halogens is 4. The Hall–Kier alpha value is -2.86. The van der Waals surface area contributed by atoms with Crippen molar-refractivity contribution in [3.8, 4) is 0 Å². The van der Waals surface area contributed by atoms with E-state index in [2.05, 4.69) is 24.9 Å². The molecule has 0 fully saturated rings. The fraction of sp³-hybridized carbons (Fsp3) is 0.333. The maximum absolute atomic E-state index is 13.0. The summed E-state index contributed by atoms with van der Waals surface area (Å²) in [5, 5.41) is 0.703. The molecule has 34 heavy (non-hydrogen) atoms. The Labute approximate surface area is 203 Å². The molecule has 7 heteroatoms. The van der Waals surface area contributed by atoms with Crippen molar-refractivity contribution in [3.63, 3.8) is 0 Å². The van der Waals surface area contributed by atoms with E-state index in [0.717, 1.165) is 41.8 Å². The molecule has 0 unspecified atom stereocenters. The normalized spacial score (nSPS) is 12.9. The highest BCUT2D eigenvalue weighted by molar-refractivity contribution is 6.30. The van der Waals surface area contributed by atoms with E-state index in [1.807, 2.05) is 25.1 Å². The van der Waals surface area contributed by atoms with Crippen LogP contribution in [0.25, 0.3) is 5.57 Å². The minimum absolute atomic E-state index is 0.176. The van der Waals surface area contributed by atoms with Gasteiger partial charge in [-0.15, -0.1) is 0 Å². The van der Waals surface area contributed by atoms with Crippen LogP contribution in [0.4, 0.5) is 13.2 Å². The van der Waals surface area contributed by atoms with Crippen LogP contribution in [0, 0.1) is 13.8 Å². The molecule has 1 heterocycles. The first-order valence-corrected chi connectivity index (χ1v) is 11.6. The largest absolute Gasteiger partial charge is 0.445 e. The SMILES string of the molecule is CCC=C(CCN=C(C)c1nc(Cc2cccc(C(F)(F)F)c2)oc1C)c1cc(Cl)ccc1C. The molecule has 0 aliphatic rings. The van der Waals surface area contributed by atoms with Crippen molar-refractivity contribution in [3.05, 3.63) is 93.2 Å². The Morgan fingerprint density at radius 2 is 1.91 bits per heavy atom. The Kier molecular flexibility index (Phi) is 8.37. The maximum Gasteiger partial charge on any atom is 0.416 e. The number of aliphatic imine (C=N–C) groups is 1. The third-order valence-electron chi connectivity index (χ3n) is 5.52. The molecule has 2 aromatic carbocycles. The lowest BCUT2D eigenvalue weighted by atomic mass is 9.97. The number of allylic oxidation sites excluding steroid dienone is 1. The summed E-state index contributed by atoms with van der Waals surface area (Å²) in [7, 11) is 0. The summed E-state index contributed by atoms with van der Waals surface area (Å²) in [5.41, 5.74) is 4.65. The van der Waals surface area contributed by atoms with Gasteiger partial charge in [-0.25, -0.2) is 4.98 Å². The van der Waals surface area contributed by atoms with Crippen LogP contribution in [0.2, 0.25) is 5.02 Å². The fourth-order valence-electron chi connectivity index (χ4n) is 3.85. The number of hydrogen-bond acceptors (Lipinski definition) is 3. The van der Waals surface area contributed by atoms with Gasteiger partial charge in [0.1, 0.15) is 11.5 Å². The molecule has 0 amide bonds. The van der Waals surface area contributed by atoms with Gasteiger partial charge in [0.25, 0.3) is 0 Å². The van der Waals surface area contributed by atoms with Crippen LogP contribution in [0.5, 0.6) is 0 Å². The molecular formula is C27H28ClF3N2O. The molecule has 0 saturated carbocycles. The number of hydrogen-bond donors (Lipinski definition) is 0. The minimum atomic E-state index is -4.38. The summed E-state index contributed by atoms with van der Waals surface area (Å²) in [6.07, 6.45) is -0.356. The molecule has 0 atom stereocenters. The van der Waals surface area contributed by atoms with E-state index in [9.17, 15) is 13.2 Å². The maximum atomic E-state index is 13.0. The van der Waals surface area contributed by atoms with Crippen LogP contribution in [0.3, 0.4) is 0 Å². The zero-order valence-corrected chi connectivity index (χ0v) is 20.5. The van der Waals surface area contributed by atoms with E-state index >= 15 is 0 Å². The average Bonchev–Trinajstić information content (AvgIpc) is 3.14. The van der Waals surface area contributed by atoms with Crippen LogP contribution in [0.15, 0.2) is 58.0 Å². The summed E-state index contributed by atoms with van der Waals surface area (Å²) in [6, 6.07) is 11.1. The molecular weight excluding hydrogens is 461 g/mol. The number of nitrogens with zero attached hydrogens (tertiary/aromatic N) is 2. The molecule has 0 bridgehead atoms. The summed E-state index contributed by atoms with van der Waals surface area (Å²) in [4.78, 5) is 9.20. The van der Waals surface area contributed by atoms with Gasteiger partial charge < -0.3 is 4.42 Å². The van der Waals surface area contributed by atoms with E-state index < -0.39 is 11.7 Å². The highest BCUT2D eigenvalue weighted by atomic mass is 35.5. The first-order chi connectivity index (χ1) is 16.1. The van der Waals surface area contributed by atoms with Gasteiger partial charge in [-0.3, -0.25) is 4.99 Å². The predicted octanol–water partition coefficient (Wildman–Crippen LogP) is 8.25. The lowest BCUT2D eigenvalue weighted by molar-refractivity contribution is -0.137. The van der Waals surface area contributed by atoms with Gasteiger partial charge in [-0.05, 0) is 74.1 Å². The summed E-state index contributed by atoms with van der Waals surface area (Å²) < 4.78 is 44.7. The van der Waals surface area contributed by atoms with E-state index in [4.69, 9.17) is 21.0 Å². The number of aryl methyl sites for hydroxylation is 2. The quantitative estimate of drug-likeness (QED) is 0.299. The van der Waals surface area contributed by atoms with Gasteiger partial charge in [0, 0.05) is 18.0 Å². The van der Waals surface area contributed by atoms with Gasteiger partial charge in [-0.1, -0.05) is 48.9 Å². The van der Waals surface area contributed by atoms with Gasteiger partial charge >= 0.3 is 6.18 Å². The number of rotatable bonds is 8. The molecule has 0 saturated heterocycles. The van der Waals surface area contributed by atoms with E-state index in [1.165, 1.54) is 11.6 Å². The van der Waals surface area contributed by atoms with Gasteiger partial charge in [0.2, 0.25) is 0 Å². The van der Waals surface area contributed by atoms with E-state index in [0.29, 0.717) is 34.5 Å². The molecule has 0 aliphatic heterocycles. The first kappa shape index (κ1) is 25.8. The summed E-state index contributed by atoms with van der Waals surface area (Å²) in [5.74, 6) is 0.959. The van der Waals surface area contributed by atoms with Crippen LogP contribution < -0.4 is 0 Å². The number of benzene rings is 2. The Morgan fingerprint density at radius 1 is 1.15 bits per heavy atom. The molecule has 0 radical (unpaired) electrons. The predicted molar refractivity (Wildman–Crippen MR) is 132 cm³/mol. The highest BCUT2D eigenvalue weighted by Gasteiger charge is 2.30. The lowest BCUT2D eigenvalue weighted by Crippen LogP contribution is -2.05. The second kappa shape index (κ2) is 11.0. The van der Waals surface area contributed by atoms with Gasteiger partial charge in [0.05, 0.1) is 11.3 Å². The van der Waals surface area contributed by atoms with Crippen molar-refractivity contribution in [2.75, 3.05) is 6.54 Å².